The largest absolute Gasteiger partial charge is 0.502 e. The fraction of sp³-hybridized carbons (Fsp3) is 0.154. The standard InChI is InChI=1S/C13H11ClO5/c14-8-3-1-7(2-4-8)11(17)13-12(18)10(16)5-9(6-15)19-13/h1-5,11,15,17-18H,6H2. The molecular formula is C13H11ClO5. The molecular weight excluding hydrogens is 272 g/mol. The summed E-state index contributed by atoms with van der Waals surface area (Å²) in [7, 11) is 0. The van der Waals surface area contributed by atoms with E-state index in [1.54, 1.807) is 12.1 Å². The highest BCUT2D eigenvalue weighted by Crippen LogP contribution is 2.28. The quantitative estimate of drug-likeness (QED) is 0.795. The zero-order valence-corrected chi connectivity index (χ0v) is 10.5. The van der Waals surface area contributed by atoms with Crippen LogP contribution in [0.3, 0.4) is 0 Å². The fourth-order valence-corrected chi connectivity index (χ4v) is 1.74. The SMILES string of the molecule is O=c1cc(CO)oc(C(O)c2ccc(Cl)cc2)c1O. The van der Waals surface area contributed by atoms with Gasteiger partial charge in [0.05, 0.1) is 0 Å². The molecule has 0 aliphatic carbocycles. The minimum atomic E-state index is -1.32. The van der Waals surface area contributed by atoms with Gasteiger partial charge in [-0.15, -0.1) is 0 Å². The minimum Gasteiger partial charge on any atom is -0.502 e. The summed E-state index contributed by atoms with van der Waals surface area (Å²) < 4.78 is 5.10. The van der Waals surface area contributed by atoms with E-state index in [1.165, 1.54) is 12.1 Å². The molecule has 0 saturated carbocycles. The molecule has 0 fully saturated rings. The summed E-state index contributed by atoms with van der Waals surface area (Å²) in [5.41, 5.74) is -0.323. The molecule has 0 saturated heterocycles. The number of rotatable bonds is 3. The van der Waals surface area contributed by atoms with Crippen molar-refractivity contribution < 1.29 is 19.7 Å². The van der Waals surface area contributed by atoms with Crippen LogP contribution in [-0.2, 0) is 6.61 Å². The van der Waals surface area contributed by atoms with E-state index >= 15 is 0 Å². The molecule has 1 atom stereocenters. The Labute approximate surface area is 113 Å². The van der Waals surface area contributed by atoms with Gasteiger partial charge in [0, 0.05) is 11.1 Å². The van der Waals surface area contributed by atoms with Crippen LogP contribution in [0, 0.1) is 0 Å². The Balaban J connectivity index is 2.48. The van der Waals surface area contributed by atoms with Crippen molar-refractivity contribution in [3.8, 4) is 5.75 Å². The average Bonchev–Trinajstić information content (AvgIpc) is 2.41. The third-order valence-corrected chi connectivity index (χ3v) is 2.84. The van der Waals surface area contributed by atoms with Crippen molar-refractivity contribution >= 4 is 11.6 Å². The third-order valence-electron chi connectivity index (χ3n) is 2.59. The Morgan fingerprint density at radius 1 is 1.26 bits per heavy atom. The molecule has 2 rings (SSSR count). The van der Waals surface area contributed by atoms with Gasteiger partial charge in [0.25, 0.3) is 0 Å². The summed E-state index contributed by atoms with van der Waals surface area (Å²) in [4.78, 5) is 11.5. The predicted octanol–water partition coefficient (Wildman–Crippen LogP) is 1.57. The number of aliphatic hydroxyl groups is 2. The second kappa shape index (κ2) is 5.44. The Kier molecular flexibility index (Phi) is 3.90. The van der Waals surface area contributed by atoms with E-state index in [-0.39, 0.29) is 11.5 Å². The Morgan fingerprint density at radius 3 is 2.47 bits per heavy atom. The Morgan fingerprint density at radius 2 is 1.89 bits per heavy atom. The van der Waals surface area contributed by atoms with Crippen LogP contribution < -0.4 is 5.43 Å². The molecule has 0 aliphatic heterocycles. The molecule has 2 aromatic rings. The topological polar surface area (TPSA) is 90.9 Å². The van der Waals surface area contributed by atoms with Crippen molar-refractivity contribution in [3.05, 3.63) is 62.7 Å². The van der Waals surface area contributed by atoms with Crippen molar-refractivity contribution in [1.29, 1.82) is 0 Å². The number of benzene rings is 1. The average molecular weight is 283 g/mol. The van der Waals surface area contributed by atoms with Gasteiger partial charge in [0.2, 0.25) is 11.2 Å². The van der Waals surface area contributed by atoms with Crippen LogP contribution in [0.4, 0.5) is 0 Å². The van der Waals surface area contributed by atoms with Gasteiger partial charge in [-0.25, -0.2) is 0 Å². The van der Waals surface area contributed by atoms with Crippen molar-refractivity contribution in [2.24, 2.45) is 0 Å². The van der Waals surface area contributed by atoms with Crippen molar-refractivity contribution in [2.75, 3.05) is 0 Å². The van der Waals surface area contributed by atoms with E-state index < -0.39 is 23.9 Å². The smallest absolute Gasteiger partial charge is 0.227 e. The second-order valence-corrected chi connectivity index (χ2v) is 4.34. The number of hydrogen-bond acceptors (Lipinski definition) is 5. The Hall–Kier alpha value is -1.82. The molecule has 1 unspecified atom stereocenters. The highest BCUT2D eigenvalue weighted by molar-refractivity contribution is 6.30. The van der Waals surface area contributed by atoms with E-state index in [2.05, 4.69) is 0 Å². The van der Waals surface area contributed by atoms with Crippen LogP contribution >= 0.6 is 11.6 Å². The van der Waals surface area contributed by atoms with Crippen LogP contribution in [0.25, 0.3) is 0 Å². The van der Waals surface area contributed by atoms with Gasteiger partial charge in [-0.2, -0.15) is 0 Å². The maximum atomic E-state index is 11.5. The highest BCUT2D eigenvalue weighted by Gasteiger charge is 2.20. The van der Waals surface area contributed by atoms with E-state index in [9.17, 15) is 15.0 Å². The summed E-state index contributed by atoms with van der Waals surface area (Å²) in [5.74, 6) is -1.02. The molecule has 6 heteroatoms. The van der Waals surface area contributed by atoms with Crippen LogP contribution in [-0.4, -0.2) is 15.3 Å². The van der Waals surface area contributed by atoms with Gasteiger partial charge < -0.3 is 19.7 Å². The number of halogens is 1. The first-order valence-electron chi connectivity index (χ1n) is 5.43. The van der Waals surface area contributed by atoms with E-state index in [1.807, 2.05) is 0 Å². The second-order valence-electron chi connectivity index (χ2n) is 3.90. The zero-order chi connectivity index (χ0) is 14.0. The molecule has 3 N–H and O–H groups in total. The number of hydrogen-bond donors (Lipinski definition) is 3. The number of aliphatic hydroxyl groups excluding tert-OH is 2. The van der Waals surface area contributed by atoms with E-state index in [0.29, 0.717) is 10.6 Å². The lowest BCUT2D eigenvalue weighted by Gasteiger charge is -2.12. The molecule has 0 bridgehead atoms. The molecule has 1 heterocycles. The van der Waals surface area contributed by atoms with Crippen LogP contribution in [0.5, 0.6) is 5.75 Å². The third kappa shape index (κ3) is 2.78. The van der Waals surface area contributed by atoms with Gasteiger partial charge in [0.15, 0.2) is 5.76 Å². The highest BCUT2D eigenvalue weighted by atomic mass is 35.5. The molecule has 1 aromatic carbocycles. The molecule has 1 aromatic heterocycles. The molecule has 100 valence electrons. The molecule has 0 radical (unpaired) electrons. The maximum absolute atomic E-state index is 11.5. The summed E-state index contributed by atoms with van der Waals surface area (Å²) >= 11 is 5.73. The summed E-state index contributed by atoms with van der Waals surface area (Å²) in [5, 5.41) is 29.2. The van der Waals surface area contributed by atoms with Crippen molar-refractivity contribution in [2.45, 2.75) is 12.7 Å². The van der Waals surface area contributed by atoms with Crippen molar-refractivity contribution in [1.82, 2.24) is 0 Å². The summed E-state index contributed by atoms with van der Waals surface area (Å²) in [6.07, 6.45) is -1.32. The Bertz CT molecular complexity index is 632. The lowest BCUT2D eigenvalue weighted by molar-refractivity contribution is 0.163. The van der Waals surface area contributed by atoms with Gasteiger partial charge in [0.1, 0.15) is 18.5 Å². The first-order valence-corrected chi connectivity index (χ1v) is 5.81. The fourth-order valence-electron chi connectivity index (χ4n) is 1.61. The van der Waals surface area contributed by atoms with Gasteiger partial charge in [-0.1, -0.05) is 23.7 Å². The molecule has 0 amide bonds. The molecule has 0 spiro atoms. The van der Waals surface area contributed by atoms with Crippen LogP contribution in [0.2, 0.25) is 5.02 Å². The summed E-state index contributed by atoms with van der Waals surface area (Å²) in [6.45, 7) is -0.504. The lowest BCUT2D eigenvalue weighted by atomic mass is 10.1. The first kappa shape index (κ1) is 13.6. The first-order chi connectivity index (χ1) is 9.02. The monoisotopic (exact) mass is 282 g/mol. The lowest BCUT2D eigenvalue weighted by Crippen LogP contribution is -2.09. The molecule has 5 nitrogen and oxygen atoms in total. The zero-order valence-electron chi connectivity index (χ0n) is 9.71. The molecule has 0 aliphatic rings. The van der Waals surface area contributed by atoms with Crippen LogP contribution in [0.1, 0.15) is 23.2 Å². The van der Waals surface area contributed by atoms with Gasteiger partial charge in [-0.3, -0.25) is 4.79 Å². The van der Waals surface area contributed by atoms with Gasteiger partial charge >= 0.3 is 0 Å². The van der Waals surface area contributed by atoms with E-state index in [4.69, 9.17) is 21.1 Å². The van der Waals surface area contributed by atoms with Crippen molar-refractivity contribution in [3.63, 3.8) is 0 Å². The summed E-state index contributed by atoms with van der Waals surface area (Å²) in [6, 6.07) is 7.17. The number of aromatic hydroxyl groups is 1. The van der Waals surface area contributed by atoms with Gasteiger partial charge in [-0.05, 0) is 17.7 Å². The van der Waals surface area contributed by atoms with E-state index in [0.717, 1.165) is 6.07 Å². The van der Waals surface area contributed by atoms with Crippen LogP contribution in [0.15, 0.2) is 39.5 Å². The normalized spacial score (nSPS) is 12.4. The minimum absolute atomic E-state index is 0.0363. The predicted molar refractivity (Wildman–Crippen MR) is 68.1 cm³/mol. The molecule has 19 heavy (non-hydrogen) atoms. The maximum Gasteiger partial charge on any atom is 0.227 e.